The Balaban J connectivity index is 1.74. The molecular formula is C23H27N3O3. The first-order chi connectivity index (χ1) is 14.2. The molecule has 2 N–H and O–H groups in total. The van der Waals surface area contributed by atoms with Crippen LogP contribution in [0.4, 0.5) is 0 Å². The average molecular weight is 393 g/mol. The minimum atomic E-state index is -0.300. The van der Waals surface area contributed by atoms with Gasteiger partial charge in [-0.1, -0.05) is 24.3 Å². The van der Waals surface area contributed by atoms with Crippen molar-refractivity contribution in [2.24, 2.45) is 10.7 Å². The van der Waals surface area contributed by atoms with Crippen LogP contribution >= 0.6 is 0 Å². The fourth-order valence-electron chi connectivity index (χ4n) is 4.12. The van der Waals surface area contributed by atoms with Gasteiger partial charge in [-0.05, 0) is 37.5 Å². The molecule has 0 saturated carbocycles. The number of fused-ring (bicyclic) bond motifs is 3. The number of benzene rings is 2. The van der Waals surface area contributed by atoms with Gasteiger partial charge in [-0.15, -0.1) is 0 Å². The Hall–Kier alpha value is -2.70. The molecule has 2 heterocycles. The molecule has 1 saturated heterocycles. The summed E-state index contributed by atoms with van der Waals surface area (Å²) in [7, 11) is 1.64. The van der Waals surface area contributed by atoms with Gasteiger partial charge in [0.1, 0.15) is 5.84 Å². The lowest BCUT2D eigenvalue weighted by Crippen LogP contribution is -2.19. The Labute approximate surface area is 170 Å². The first-order valence-corrected chi connectivity index (χ1v) is 10.2. The summed E-state index contributed by atoms with van der Waals surface area (Å²) in [6.07, 6.45) is 3.23. The maximum Gasteiger partial charge on any atom is 0.278 e. The summed E-state index contributed by atoms with van der Waals surface area (Å²) in [5.74, 6) is 0.0442. The minimum absolute atomic E-state index is 0.300. The van der Waals surface area contributed by atoms with Crippen molar-refractivity contribution >= 4 is 33.5 Å². The lowest BCUT2D eigenvalue weighted by molar-refractivity contribution is 0.0717. The molecule has 152 valence electrons. The smallest absolute Gasteiger partial charge is 0.278 e. The molecule has 3 aromatic rings. The van der Waals surface area contributed by atoms with Crippen molar-refractivity contribution in [2.45, 2.75) is 31.7 Å². The van der Waals surface area contributed by atoms with Crippen molar-refractivity contribution in [3.63, 3.8) is 0 Å². The number of carbonyl (C=O) groups is 1. The number of para-hydroxylation sites is 1. The van der Waals surface area contributed by atoms with Crippen LogP contribution in [-0.2, 0) is 9.47 Å². The molecule has 6 nitrogen and oxygen atoms in total. The van der Waals surface area contributed by atoms with E-state index in [1.54, 1.807) is 7.11 Å². The lowest BCUT2D eigenvalue weighted by Gasteiger charge is -2.25. The van der Waals surface area contributed by atoms with E-state index in [1.807, 2.05) is 18.2 Å². The molecule has 1 amide bonds. The fourth-order valence-corrected chi connectivity index (χ4v) is 4.12. The van der Waals surface area contributed by atoms with Crippen molar-refractivity contribution in [3.05, 3.63) is 48.0 Å². The number of hydrogen-bond donors (Lipinski definition) is 1. The monoisotopic (exact) mass is 393 g/mol. The van der Waals surface area contributed by atoms with Gasteiger partial charge in [0.05, 0.1) is 5.52 Å². The number of rotatable bonds is 6. The van der Waals surface area contributed by atoms with Gasteiger partial charge >= 0.3 is 0 Å². The molecule has 1 aliphatic rings. The topological polar surface area (TPSA) is 78.8 Å². The van der Waals surface area contributed by atoms with E-state index in [0.717, 1.165) is 43.4 Å². The lowest BCUT2D eigenvalue weighted by atomic mass is 10.1. The van der Waals surface area contributed by atoms with Crippen molar-refractivity contribution < 1.29 is 14.3 Å². The zero-order valence-corrected chi connectivity index (χ0v) is 16.8. The van der Waals surface area contributed by atoms with Gasteiger partial charge in [-0.25, -0.2) is 0 Å². The normalized spacial score (nSPS) is 16.0. The van der Waals surface area contributed by atoms with Crippen LogP contribution in [0.5, 0.6) is 0 Å². The van der Waals surface area contributed by atoms with Crippen molar-refractivity contribution in [1.29, 1.82) is 0 Å². The first kappa shape index (κ1) is 19.6. The largest absolute Gasteiger partial charge is 0.387 e. The quantitative estimate of drug-likeness (QED) is 0.389. The molecule has 2 aromatic carbocycles. The van der Waals surface area contributed by atoms with Crippen LogP contribution in [0.1, 0.15) is 42.1 Å². The number of aromatic nitrogens is 1. The summed E-state index contributed by atoms with van der Waals surface area (Å²) < 4.78 is 13.0. The first-order valence-electron chi connectivity index (χ1n) is 10.2. The van der Waals surface area contributed by atoms with Crippen LogP contribution < -0.4 is 5.73 Å². The summed E-state index contributed by atoms with van der Waals surface area (Å²) in [5, 5.41) is 2.36. The van der Waals surface area contributed by atoms with Crippen LogP contribution in [0, 0.1) is 0 Å². The SMILES string of the molecule is COCCCC(N)=NC(=O)c1ccc2c3ccccc3n(C3CCOCC3)c2c1. The summed E-state index contributed by atoms with van der Waals surface area (Å²) in [4.78, 5) is 16.8. The highest BCUT2D eigenvalue weighted by Gasteiger charge is 2.21. The maximum atomic E-state index is 12.7. The Kier molecular flexibility index (Phi) is 5.92. The van der Waals surface area contributed by atoms with Crippen molar-refractivity contribution in [1.82, 2.24) is 4.57 Å². The molecule has 0 spiro atoms. The third-order valence-electron chi connectivity index (χ3n) is 5.54. The fraction of sp³-hybridized carbons (Fsp3) is 0.391. The molecule has 0 atom stereocenters. The standard InChI is InChI=1S/C23H27N3O3/c1-28-12-4-7-22(24)25-23(27)16-8-9-19-18-5-2-3-6-20(18)26(21(19)15-16)17-10-13-29-14-11-17/h2-3,5-6,8-9,15,17H,4,7,10-14H2,1H3,(H2,24,25,27). The number of amides is 1. The van der Waals surface area contributed by atoms with Gasteiger partial charge in [-0.3, -0.25) is 4.79 Å². The summed E-state index contributed by atoms with van der Waals surface area (Å²) in [6, 6.07) is 14.6. The van der Waals surface area contributed by atoms with Crippen molar-refractivity contribution in [3.8, 4) is 0 Å². The van der Waals surface area contributed by atoms with Gasteiger partial charge in [0.25, 0.3) is 5.91 Å². The predicted molar refractivity (Wildman–Crippen MR) is 116 cm³/mol. The third-order valence-corrected chi connectivity index (χ3v) is 5.54. The van der Waals surface area contributed by atoms with E-state index in [0.29, 0.717) is 30.5 Å². The summed E-state index contributed by atoms with van der Waals surface area (Å²) in [6.45, 7) is 2.13. The number of amidine groups is 1. The Bertz CT molecular complexity index is 1050. The Morgan fingerprint density at radius 3 is 2.72 bits per heavy atom. The molecule has 1 fully saturated rings. The number of carbonyl (C=O) groups excluding carboxylic acids is 1. The molecule has 29 heavy (non-hydrogen) atoms. The number of nitrogens with two attached hydrogens (primary N) is 1. The zero-order chi connectivity index (χ0) is 20.2. The van der Waals surface area contributed by atoms with Gasteiger partial charge < -0.3 is 19.8 Å². The van der Waals surface area contributed by atoms with Crippen LogP contribution in [0.2, 0.25) is 0 Å². The van der Waals surface area contributed by atoms with Gasteiger partial charge in [0.2, 0.25) is 0 Å². The predicted octanol–water partition coefficient (Wildman–Crippen LogP) is 4.07. The molecule has 6 heteroatoms. The minimum Gasteiger partial charge on any atom is -0.387 e. The molecule has 0 bridgehead atoms. The Morgan fingerprint density at radius 2 is 1.93 bits per heavy atom. The van der Waals surface area contributed by atoms with Crippen LogP contribution in [0.15, 0.2) is 47.5 Å². The molecule has 0 aliphatic carbocycles. The van der Waals surface area contributed by atoms with Gasteiger partial charge in [-0.2, -0.15) is 4.99 Å². The maximum absolute atomic E-state index is 12.7. The number of ether oxygens (including phenoxy) is 2. The van der Waals surface area contributed by atoms with E-state index >= 15 is 0 Å². The van der Waals surface area contributed by atoms with E-state index < -0.39 is 0 Å². The molecule has 0 unspecified atom stereocenters. The van der Waals surface area contributed by atoms with Crippen molar-refractivity contribution in [2.75, 3.05) is 26.9 Å². The summed E-state index contributed by atoms with van der Waals surface area (Å²) >= 11 is 0. The highest BCUT2D eigenvalue weighted by atomic mass is 16.5. The highest BCUT2D eigenvalue weighted by Crippen LogP contribution is 2.35. The second kappa shape index (κ2) is 8.76. The van der Waals surface area contributed by atoms with E-state index in [4.69, 9.17) is 15.2 Å². The van der Waals surface area contributed by atoms with E-state index in [-0.39, 0.29) is 5.91 Å². The molecule has 1 aliphatic heterocycles. The Morgan fingerprint density at radius 1 is 1.17 bits per heavy atom. The van der Waals surface area contributed by atoms with Crippen LogP contribution in [-0.4, -0.2) is 43.2 Å². The average Bonchev–Trinajstić information content (AvgIpc) is 3.08. The molecular weight excluding hydrogens is 366 g/mol. The van der Waals surface area contributed by atoms with Gasteiger partial charge in [0, 0.05) is 61.2 Å². The zero-order valence-electron chi connectivity index (χ0n) is 16.8. The number of methoxy groups -OCH3 is 1. The van der Waals surface area contributed by atoms with E-state index in [2.05, 4.69) is 33.8 Å². The third kappa shape index (κ3) is 4.04. The van der Waals surface area contributed by atoms with E-state index in [1.165, 1.54) is 10.9 Å². The highest BCUT2D eigenvalue weighted by molar-refractivity contribution is 6.11. The number of hydrogen-bond acceptors (Lipinski definition) is 3. The molecule has 4 rings (SSSR count). The van der Waals surface area contributed by atoms with E-state index in [9.17, 15) is 4.79 Å². The molecule has 1 aromatic heterocycles. The van der Waals surface area contributed by atoms with Crippen LogP contribution in [0.3, 0.4) is 0 Å². The number of nitrogens with zero attached hydrogens (tertiary/aromatic N) is 2. The summed E-state index contributed by atoms with van der Waals surface area (Å²) in [5.41, 5.74) is 8.75. The molecule has 0 radical (unpaired) electrons. The second-order valence-electron chi connectivity index (χ2n) is 7.47. The van der Waals surface area contributed by atoms with Crippen LogP contribution in [0.25, 0.3) is 21.8 Å². The van der Waals surface area contributed by atoms with Gasteiger partial charge in [0.15, 0.2) is 0 Å². The number of aliphatic imine (C=N–C) groups is 1. The second-order valence-corrected chi connectivity index (χ2v) is 7.47.